The quantitative estimate of drug-likeness (QED) is 0.733. The van der Waals surface area contributed by atoms with Crippen LogP contribution in [0.3, 0.4) is 0 Å². The second kappa shape index (κ2) is 5.60. The maximum Gasteiger partial charge on any atom is 0.309 e. The smallest absolute Gasteiger partial charge is 0.309 e. The van der Waals surface area contributed by atoms with Gasteiger partial charge in [0.15, 0.2) is 0 Å². The highest BCUT2D eigenvalue weighted by Gasteiger charge is 2.26. The first-order valence-corrected chi connectivity index (χ1v) is 7.93. The normalized spacial score (nSPS) is 17.0. The average molecular weight is 294 g/mol. The van der Waals surface area contributed by atoms with E-state index < -0.39 is 0 Å². The molecule has 22 heavy (non-hydrogen) atoms. The van der Waals surface area contributed by atoms with E-state index in [1.54, 1.807) is 0 Å². The lowest BCUT2D eigenvalue weighted by Gasteiger charge is -2.27. The van der Waals surface area contributed by atoms with E-state index in [-0.39, 0.29) is 18.0 Å². The minimum atomic E-state index is -0.286. The Hall–Kier alpha value is -2.09. The van der Waals surface area contributed by atoms with Gasteiger partial charge in [-0.15, -0.1) is 0 Å². The lowest BCUT2D eigenvalue weighted by molar-refractivity contribution is -0.150. The maximum absolute atomic E-state index is 12.1. The number of carbonyl (C=O) groups is 1. The molecule has 0 bridgehead atoms. The fourth-order valence-corrected chi connectivity index (χ4v) is 3.05. The Labute approximate surface area is 131 Å². The molecule has 1 unspecified atom stereocenters. The number of hydrogen-bond acceptors (Lipinski definition) is 2. The molecule has 2 aromatic carbocycles. The van der Waals surface area contributed by atoms with Gasteiger partial charge in [0, 0.05) is 5.56 Å². The van der Waals surface area contributed by atoms with E-state index in [0.717, 1.165) is 5.56 Å². The van der Waals surface area contributed by atoms with Crippen LogP contribution in [0.15, 0.2) is 42.5 Å². The van der Waals surface area contributed by atoms with Crippen LogP contribution in [0, 0.1) is 11.8 Å². The minimum absolute atomic E-state index is 0.118. The summed E-state index contributed by atoms with van der Waals surface area (Å²) in [6.45, 7) is 8.10. The first kappa shape index (κ1) is 14.8. The third-order valence-electron chi connectivity index (χ3n) is 4.22. The molecule has 114 valence electrons. The van der Waals surface area contributed by atoms with E-state index in [2.05, 4.69) is 50.3 Å². The van der Waals surface area contributed by atoms with Gasteiger partial charge in [0.05, 0.1) is 5.92 Å². The Morgan fingerprint density at radius 3 is 2.36 bits per heavy atom. The van der Waals surface area contributed by atoms with Gasteiger partial charge in [0.1, 0.15) is 6.10 Å². The molecular formula is C20H22O2. The molecule has 0 amide bonds. The van der Waals surface area contributed by atoms with E-state index in [0.29, 0.717) is 5.92 Å². The van der Waals surface area contributed by atoms with Crippen molar-refractivity contribution in [1.29, 1.82) is 0 Å². The molecule has 1 aliphatic rings. The van der Waals surface area contributed by atoms with Crippen molar-refractivity contribution in [3.63, 3.8) is 0 Å². The Kier molecular flexibility index (Phi) is 3.78. The van der Waals surface area contributed by atoms with Crippen LogP contribution < -0.4 is 0 Å². The molecule has 3 rings (SSSR count). The number of esters is 1. The molecule has 0 fully saturated rings. The van der Waals surface area contributed by atoms with Crippen LogP contribution >= 0.6 is 0 Å². The second-order valence-electron chi connectivity index (χ2n) is 6.54. The molecule has 0 heterocycles. The van der Waals surface area contributed by atoms with Crippen molar-refractivity contribution >= 4 is 22.3 Å². The van der Waals surface area contributed by atoms with E-state index in [1.165, 1.54) is 21.9 Å². The molecule has 2 heteroatoms. The number of rotatable bonds is 3. The predicted molar refractivity (Wildman–Crippen MR) is 90.4 cm³/mol. The third-order valence-corrected chi connectivity index (χ3v) is 4.22. The van der Waals surface area contributed by atoms with Crippen LogP contribution in [0.25, 0.3) is 16.3 Å². The number of carbonyl (C=O) groups excluding carboxylic acids is 1. The Bertz CT molecular complexity index is 748. The first-order valence-electron chi connectivity index (χ1n) is 7.93. The zero-order valence-corrected chi connectivity index (χ0v) is 13.6. The van der Waals surface area contributed by atoms with E-state index >= 15 is 0 Å². The standard InChI is InChI=1S/C20H22O2/c1-12(2)17-11-18(22-20(21)13(3)4)16-10-6-8-14-7-5-9-15(17)19(14)16/h5-13,18H,1-4H3. The van der Waals surface area contributed by atoms with Crippen LogP contribution in [-0.4, -0.2) is 5.97 Å². The van der Waals surface area contributed by atoms with E-state index in [1.807, 2.05) is 19.9 Å². The number of ether oxygens (including phenoxy) is 1. The fourth-order valence-electron chi connectivity index (χ4n) is 3.05. The summed E-state index contributed by atoms with van der Waals surface area (Å²) >= 11 is 0. The minimum Gasteiger partial charge on any atom is -0.453 e. The van der Waals surface area contributed by atoms with Gasteiger partial charge in [-0.05, 0) is 33.9 Å². The van der Waals surface area contributed by atoms with Gasteiger partial charge in [-0.25, -0.2) is 0 Å². The summed E-state index contributed by atoms with van der Waals surface area (Å²) in [5, 5.41) is 2.42. The van der Waals surface area contributed by atoms with Crippen LogP contribution in [0.2, 0.25) is 0 Å². The van der Waals surface area contributed by atoms with Gasteiger partial charge in [0.25, 0.3) is 0 Å². The molecular weight excluding hydrogens is 272 g/mol. The predicted octanol–water partition coefficient (Wildman–Crippen LogP) is 5.13. The Balaban J connectivity index is 2.17. The van der Waals surface area contributed by atoms with Crippen molar-refractivity contribution in [1.82, 2.24) is 0 Å². The molecule has 0 spiro atoms. The molecule has 2 nitrogen and oxygen atoms in total. The van der Waals surface area contributed by atoms with Gasteiger partial charge in [0.2, 0.25) is 0 Å². The lowest BCUT2D eigenvalue weighted by atomic mass is 9.82. The summed E-state index contributed by atoms with van der Waals surface area (Å²) in [7, 11) is 0. The molecule has 1 atom stereocenters. The SMILES string of the molecule is CC(C)C(=O)OC1C=C(C(C)C)c2cccc3cccc1c23. The van der Waals surface area contributed by atoms with Crippen molar-refractivity contribution in [3.8, 4) is 0 Å². The summed E-state index contributed by atoms with van der Waals surface area (Å²) in [6, 6.07) is 12.6. The fraction of sp³-hybridized carbons (Fsp3) is 0.350. The van der Waals surface area contributed by atoms with Crippen molar-refractivity contribution in [2.75, 3.05) is 0 Å². The van der Waals surface area contributed by atoms with Gasteiger partial charge in [-0.1, -0.05) is 64.1 Å². The largest absolute Gasteiger partial charge is 0.453 e. The molecule has 0 saturated carbocycles. The van der Waals surface area contributed by atoms with Gasteiger partial charge in [-0.3, -0.25) is 4.79 Å². The summed E-state index contributed by atoms with van der Waals surface area (Å²) in [5.74, 6) is 0.118. The van der Waals surface area contributed by atoms with Gasteiger partial charge >= 0.3 is 5.97 Å². The summed E-state index contributed by atoms with van der Waals surface area (Å²) < 4.78 is 5.76. The highest BCUT2D eigenvalue weighted by Crippen LogP contribution is 2.41. The van der Waals surface area contributed by atoms with Crippen LogP contribution in [0.5, 0.6) is 0 Å². The van der Waals surface area contributed by atoms with Gasteiger partial charge in [-0.2, -0.15) is 0 Å². The van der Waals surface area contributed by atoms with Crippen LogP contribution in [0.4, 0.5) is 0 Å². The van der Waals surface area contributed by atoms with Crippen LogP contribution in [-0.2, 0) is 9.53 Å². The highest BCUT2D eigenvalue weighted by molar-refractivity contribution is 5.99. The Morgan fingerprint density at radius 2 is 1.73 bits per heavy atom. The molecule has 0 saturated heterocycles. The number of benzene rings is 2. The number of allylic oxidation sites excluding steroid dienone is 1. The molecule has 0 aliphatic heterocycles. The third kappa shape index (κ3) is 2.43. The topological polar surface area (TPSA) is 26.3 Å². The number of hydrogen-bond donors (Lipinski definition) is 0. The molecule has 1 aliphatic carbocycles. The van der Waals surface area contributed by atoms with Crippen molar-refractivity contribution in [2.45, 2.75) is 33.8 Å². The molecule has 0 aromatic heterocycles. The summed E-state index contributed by atoms with van der Waals surface area (Å²) in [6.07, 6.45) is 1.83. The monoisotopic (exact) mass is 294 g/mol. The average Bonchev–Trinajstić information content (AvgIpc) is 2.49. The highest BCUT2D eigenvalue weighted by atomic mass is 16.5. The van der Waals surface area contributed by atoms with E-state index in [9.17, 15) is 4.79 Å². The van der Waals surface area contributed by atoms with E-state index in [4.69, 9.17) is 4.74 Å². The maximum atomic E-state index is 12.1. The van der Waals surface area contributed by atoms with Crippen molar-refractivity contribution < 1.29 is 9.53 Å². The van der Waals surface area contributed by atoms with Gasteiger partial charge < -0.3 is 4.74 Å². The zero-order chi connectivity index (χ0) is 15.9. The molecule has 0 radical (unpaired) electrons. The Morgan fingerprint density at radius 1 is 1.05 bits per heavy atom. The second-order valence-corrected chi connectivity index (χ2v) is 6.54. The van der Waals surface area contributed by atoms with Crippen molar-refractivity contribution in [3.05, 3.63) is 53.6 Å². The molecule has 2 aromatic rings. The summed E-state index contributed by atoms with van der Waals surface area (Å²) in [4.78, 5) is 12.1. The van der Waals surface area contributed by atoms with Crippen LogP contribution in [0.1, 0.15) is 44.9 Å². The first-order chi connectivity index (χ1) is 10.5. The molecule has 0 N–H and O–H groups in total. The zero-order valence-electron chi connectivity index (χ0n) is 13.6. The lowest BCUT2D eigenvalue weighted by Crippen LogP contribution is -2.18. The summed E-state index contributed by atoms with van der Waals surface area (Å²) in [5.41, 5.74) is 3.61. The van der Waals surface area contributed by atoms with Crippen molar-refractivity contribution in [2.24, 2.45) is 11.8 Å².